The van der Waals surface area contributed by atoms with Crippen molar-refractivity contribution >= 4 is 29.1 Å². The summed E-state index contributed by atoms with van der Waals surface area (Å²) in [5.74, 6) is -1.16. The van der Waals surface area contributed by atoms with Gasteiger partial charge in [0.1, 0.15) is 16.8 Å². The van der Waals surface area contributed by atoms with Gasteiger partial charge in [-0.3, -0.25) is 14.4 Å². The quantitative estimate of drug-likeness (QED) is 0.241. The van der Waals surface area contributed by atoms with Gasteiger partial charge in [-0.05, 0) is 37.2 Å². The van der Waals surface area contributed by atoms with Gasteiger partial charge in [0.05, 0.1) is 5.92 Å². The number of thiazole rings is 1. The molecule has 0 aliphatic rings. The van der Waals surface area contributed by atoms with Gasteiger partial charge in [-0.15, -0.1) is 11.3 Å². The molecule has 0 spiro atoms. The number of rotatable bonds is 17. The van der Waals surface area contributed by atoms with Crippen molar-refractivity contribution in [2.45, 2.75) is 91.8 Å². The van der Waals surface area contributed by atoms with E-state index in [1.165, 1.54) is 11.3 Å². The van der Waals surface area contributed by atoms with Crippen LogP contribution in [0.5, 0.6) is 0 Å². The molecule has 0 radical (unpaired) electrons. The van der Waals surface area contributed by atoms with Crippen molar-refractivity contribution in [1.82, 2.24) is 15.2 Å². The molecule has 0 fully saturated rings. The van der Waals surface area contributed by atoms with Crippen molar-refractivity contribution < 1.29 is 24.2 Å². The summed E-state index contributed by atoms with van der Waals surface area (Å²) in [6.07, 6.45) is 2.53. The van der Waals surface area contributed by atoms with E-state index in [0.717, 1.165) is 12.0 Å². The third-order valence-electron chi connectivity index (χ3n) is 7.45. The lowest BCUT2D eigenvalue weighted by Crippen LogP contribution is -2.42. The largest absolute Gasteiger partial charge is 0.481 e. The molecule has 0 bridgehead atoms. The molecule has 1 aromatic heterocycles. The first-order valence-electron chi connectivity index (χ1n) is 14.4. The Morgan fingerprint density at radius 3 is 2.33 bits per heavy atom. The lowest BCUT2D eigenvalue weighted by Gasteiger charge is -2.34. The van der Waals surface area contributed by atoms with Crippen LogP contribution in [0.1, 0.15) is 94.4 Å². The van der Waals surface area contributed by atoms with Crippen LogP contribution in [0.3, 0.4) is 0 Å². The molecule has 9 heteroatoms. The predicted octanol–water partition coefficient (Wildman–Crippen LogP) is 5.98. The van der Waals surface area contributed by atoms with Gasteiger partial charge in [0, 0.05) is 44.0 Å². The lowest BCUT2D eigenvalue weighted by atomic mass is 9.95. The van der Waals surface area contributed by atoms with Crippen molar-refractivity contribution in [3.05, 3.63) is 52.0 Å². The molecular formula is C31H47N3O5S. The van der Waals surface area contributed by atoms with Crippen LogP contribution in [0, 0.1) is 17.8 Å². The molecule has 8 nitrogen and oxygen atoms in total. The summed E-state index contributed by atoms with van der Waals surface area (Å²) in [5, 5.41) is 14.9. The standard InChI is InChI=1S/C31H47N3O5S/c1-8-21(5)15-28(35)34(7)26(20(3)4)18-27(39-9-2)30-33-25(19-40-30)29(36)32-24(16-22(6)31(37)38)17-23-13-11-10-12-14-23/h10-14,19-22,24,26-27H,8-9,15-18H2,1-7H3,(H,32,36)(H,37,38)/t21-,22-,24+,26?,27+/m0/s1. The van der Waals surface area contributed by atoms with E-state index in [1.807, 2.05) is 49.2 Å². The van der Waals surface area contributed by atoms with Crippen LogP contribution in [0.15, 0.2) is 35.7 Å². The van der Waals surface area contributed by atoms with Crippen molar-refractivity contribution in [3.8, 4) is 0 Å². The third kappa shape index (κ3) is 10.3. The number of aliphatic carboxylic acids is 1. The molecule has 1 heterocycles. The number of carboxylic acids is 1. The fraction of sp³-hybridized carbons (Fsp3) is 0.613. The molecule has 2 rings (SSSR count). The fourth-order valence-electron chi connectivity index (χ4n) is 4.73. The monoisotopic (exact) mass is 573 g/mol. The number of hydrogen-bond acceptors (Lipinski definition) is 6. The van der Waals surface area contributed by atoms with Gasteiger partial charge in [-0.1, -0.05) is 71.4 Å². The van der Waals surface area contributed by atoms with Crippen molar-refractivity contribution in [1.29, 1.82) is 0 Å². The van der Waals surface area contributed by atoms with Crippen molar-refractivity contribution in [3.63, 3.8) is 0 Å². The number of ether oxygens (including phenoxy) is 1. The molecule has 2 N–H and O–H groups in total. The smallest absolute Gasteiger partial charge is 0.306 e. The number of carboxylic acid groups (broad SMARTS) is 1. The van der Waals surface area contributed by atoms with Gasteiger partial charge in [0.15, 0.2) is 0 Å². The van der Waals surface area contributed by atoms with E-state index < -0.39 is 11.9 Å². The van der Waals surface area contributed by atoms with Gasteiger partial charge in [-0.25, -0.2) is 4.98 Å². The minimum absolute atomic E-state index is 0.0398. The van der Waals surface area contributed by atoms with Gasteiger partial charge in [0.2, 0.25) is 5.91 Å². The molecule has 0 aliphatic heterocycles. The highest BCUT2D eigenvalue weighted by Crippen LogP contribution is 2.30. The molecule has 40 heavy (non-hydrogen) atoms. The Labute approximate surface area is 243 Å². The highest BCUT2D eigenvalue weighted by atomic mass is 32.1. The van der Waals surface area contributed by atoms with Crippen LogP contribution in [0.2, 0.25) is 0 Å². The van der Waals surface area contributed by atoms with E-state index in [2.05, 4.69) is 38.0 Å². The number of hydrogen-bond donors (Lipinski definition) is 2. The number of carbonyl (C=O) groups excluding carboxylic acids is 2. The van der Waals surface area contributed by atoms with Gasteiger partial charge in [-0.2, -0.15) is 0 Å². The SMILES string of the molecule is CCO[C@H](CC(C(C)C)N(C)C(=O)C[C@@H](C)CC)c1nc(C(=O)N[C@@H](Cc2ccccc2)C[C@H](C)C(=O)O)cs1. The zero-order valence-corrected chi connectivity index (χ0v) is 25.9. The van der Waals surface area contributed by atoms with Crippen LogP contribution in [-0.4, -0.2) is 58.5 Å². The minimum Gasteiger partial charge on any atom is -0.481 e. The minimum atomic E-state index is -0.893. The number of nitrogens with one attached hydrogen (secondary N) is 1. The highest BCUT2D eigenvalue weighted by Gasteiger charge is 2.30. The Morgan fingerprint density at radius 1 is 1.07 bits per heavy atom. The molecule has 2 amide bonds. The summed E-state index contributed by atoms with van der Waals surface area (Å²) in [6.45, 7) is 12.4. The van der Waals surface area contributed by atoms with Crippen LogP contribution in [-0.2, 0) is 20.7 Å². The molecule has 222 valence electrons. The average molecular weight is 574 g/mol. The number of nitrogens with zero attached hydrogens (tertiary/aromatic N) is 2. The summed E-state index contributed by atoms with van der Waals surface area (Å²) in [4.78, 5) is 44.2. The van der Waals surface area contributed by atoms with Crippen molar-refractivity contribution in [2.24, 2.45) is 17.8 Å². The van der Waals surface area contributed by atoms with Crippen LogP contribution >= 0.6 is 11.3 Å². The van der Waals surface area contributed by atoms with E-state index in [9.17, 15) is 19.5 Å². The average Bonchev–Trinajstić information content (AvgIpc) is 3.41. The van der Waals surface area contributed by atoms with E-state index in [-0.39, 0.29) is 41.6 Å². The summed E-state index contributed by atoms with van der Waals surface area (Å²) < 4.78 is 6.09. The maximum absolute atomic E-state index is 13.2. The Hall–Kier alpha value is -2.78. The number of benzene rings is 1. The van der Waals surface area contributed by atoms with Gasteiger partial charge < -0.3 is 20.1 Å². The Bertz CT molecular complexity index is 1070. The summed E-state index contributed by atoms with van der Waals surface area (Å²) >= 11 is 1.37. The Balaban J connectivity index is 2.19. The highest BCUT2D eigenvalue weighted by molar-refractivity contribution is 7.09. The summed E-state index contributed by atoms with van der Waals surface area (Å²) in [6, 6.07) is 9.31. The Kier molecular flexibility index (Phi) is 13.8. The number of amides is 2. The normalized spacial score (nSPS) is 15.2. The molecule has 0 aliphatic carbocycles. The zero-order valence-electron chi connectivity index (χ0n) is 25.1. The van der Waals surface area contributed by atoms with E-state index >= 15 is 0 Å². The maximum atomic E-state index is 13.2. The van der Waals surface area contributed by atoms with Crippen LogP contribution in [0.25, 0.3) is 0 Å². The molecule has 1 unspecified atom stereocenters. The first-order valence-corrected chi connectivity index (χ1v) is 15.2. The second-order valence-electron chi connectivity index (χ2n) is 11.1. The molecule has 0 saturated carbocycles. The van der Waals surface area contributed by atoms with Crippen LogP contribution < -0.4 is 5.32 Å². The first kappa shape index (κ1) is 33.4. The molecule has 2 aromatic rings. The van der Waals surface area contributed by atoms with E-state index in [0.29, 0.717) is 43.2 Å². The molecule has 1 aromatic carbocycles. The predicted molar refractivity (Wildman–Crippen MR) is 159 cm³/mol. The van der Waals surface area contributed by atoms with Crippen molar-refractivity contribution in [2.75, 3.05) is 13.7 Å². The fourth-order valence-corrected chi connectivity index (χ4v) is 5.59. The van der Waals surface area contributed by atoms with Crippen LogP contribution in [0.4, 0.5) is 0 Å². The summed E-state index contributed by atoms with van der Waals surface area (Å²) in [5.41, 5.74) is 1.31. The second kappa shape index (κ2) is 16.5. The lowest BCUT2D eigenvalue weighted by molar-refractivity contribution is -0.141. The maximum Gasteiger partial charge on any atom is 0.306 e. The van der Waals surface area contributed by atoms with E-state index in [4.69, 9.17) is 4.74 Å². The molecular weight excluding hydrogens is 526 g/mol. The van der Waals surface area contributed by atoms with Gasteiger partial charge >= 0.3 is 5.97 Å². The molecule has 5 atom stereocenters. The number of carbonyl (C=O) groups is 3. The first-order chi connectivity index (χ1) is 19.0. The zero-order chi connectivity index (χ0) is 29.8. The second-order valence-corrected chi connectivity index (χ2v) is 12.0. The Morgan fingerprint density at radius 2 is 1.75 bits per heavy atom. The number of aromatic nitrogens is 1. The topological polar surface area (TPSA) is 109 Å². The van der Waals surface area contributed by atoms with E-state index in [1.54, 1.807) is 12.3 Å². The van der Waals surface area contributed by atoms with Gasteiger partial charge in [0.25, 0.3) is 5.91 Å². The third-order valence-corrected chi connectivity index (χ3v) is 8.39. The molecule has 0 saturated heterocycles. The summed E-state index contributed by atoms with van der Waals surface area (Å²) in [7, 11) is 1.87.